The summed E-state index contributed by atoms with van der Waals surface area (Å²) in [5.74, 6) is 0.861. The molecule has 2 aromatic carbocycles. The molecule has 0 fully saturated rings. The molecule has 0 bridgehead atoms. The first kappa shape index (κ1) is 21.3. The van der Waals surface area contributed by atoms with E-state index >= 15 is 0 Å². The summed E-state index contributed by atoms with van der Waals surface area (Å²) in [6, 6.07) is 9.59. The maximum Gasteiger partial charge on any atom is 0.328 e. The second kappa shape index (κ2) is 7.92. The number of rotatable bonds is 3. The largest absolute Gasteiger partial charge is 0.496 e. The summed E-state index contributed by atoms with van der Waals surface area (Å²) < 4.78 is 6.79. The van der Waals surface area contributed by atoms with E-state index in [0.717, 1.165) is 52.2 Å². The standard InChI is InChI=1S/C26H24N6O3/c1-31-7-6-15-8-16(10-22(35-3)19(15)13-31)21-12-28-24-23(29-21)18(11-27-24)14-4-5-17-20(9-14)30-26(34)32(2)25(17)33/h4-5,8-12H,6-7,13H2,1-3H3,(H,27,28)(H,30,34). The number of hydrogen-bond donors (Lipinski definition) is 2. The number of aromatic amines is 2. The first-order chi connectivity index (χ1) is 16.9. The Morgan fingerprint density at radius 3 is 2.77 bits per heavy atom. The van der Waals surface area contributed by atoms with Crippen molar-refractivity contribution in [3.8, 4) is 28.1 Å². The number of likely N-dealkylation sites (N-methyl/N-ethyl adjacent to an activating group) is 1. The lowest BCUT2D eigenvalue weighted by atomic mass is 9.95. The van der Waals surface area contributed by atoms with Crippen molar-refractivity contribution in [1.82, 2.24) is 29.4 Å². The molecule has 0 aliphatic carbocycles. The molecular formula is C26H24N6O3. The third-order valence-electron chi connectivity index (χ3n) is 6.80. The van der Waals surface area contributed by atoms with Gasteiger partial charge in [-0.3, -0.25) is 9.36 Å². The molecule has 4 heterocycles. The molecule has 0 saturated heterocycles. The number of H-pyrrole nitrogens is 2. The minimum atomic E-state index is -0.451. The van der Waals surface area contributed by atoms with Gasteiger partial charge in [-0.2, -0.15) is 0 Å². The van der Waals surface area contributed by atoms with Crippen molar-refractivity contribution in [1.29, 1.82) is 0 Å². The van der Waals surface area contributed by atoms with E-state index < -0.39 is 5.69 Å². The average molecular weight is 469 g/mol. The average Bonchev–Trinajstić information content (AvgIpc) is 3.29. The van der Waals surface area contributed by atoms with Crippen LogP contribution in [0.1, 0.15) is 11.1 Å². The van der Waals surface area contributed by atoms with E-state index in [9.17, 15) is 9.59 Å². The molecule has 0 radical (unpaired) electrons. The van der Waals surface area contributed by atoms with Crippen LogP contribution in [0.5, 0.6) is 5.75 Å². The molecule has 5 aromatic rings. The number of hydrogen-bond acceptors (Lipinski definition) is 6. The van der Waals surface area contributed by atoms with Gasteiger partial charge in [0, 0.05) is 43.0 Å². The number of ether oxygens (including phenoxy) is 1. The summed E-state index contributed by atoms with van der Waals surface area (Å²) in [5, 5.41) is 0.453. The Morgan fingerprint density at radius 1 is 1.09 bits per heavy atom. The van der Waals surface area contributed by atoms with Crippen LogP contribution in [-0.2, 0) is 20.0 Å². The zero-order chi connectivity index (χ0) is 24.3. The highest BCUT2D eigenvalue weighted by Crippen LogP contribution is 2.34. The highest BCUT2D eigenvalue weighted by atomic mass is 16.5. The lowest BCUT2D eigenvalue weighted by Gasteiger charge is -2.27. The molecule has 9 nitrogen and oxygen atoms in total. The molecule has 2 N–H and O–H groups in total. The fraction of sp³-hybridized carbons (Fsp3) is 0.231. The summed E-state index contributed by atoms with van der Waals surface area (Å²) in [6.45, 7) is 1.86. The number of benzene rings is 2. The van der Waals surface area contributed by atoms with Crippen molar-refractivity contribution < 1.29 is 4.74 Å². The third kappa shape index (κ3) is 3.43. The van der Waals surface area contributed by atoms with Gasteiger partial charge in [0.1, 0.15) is 11.3 Å². The molecule has 3 aromatic heterocycles. The molecule has 6 rings (SSSR count). The molecule has 0 spiro atoms. The van der Waals surface area contributed by atoms with Crippen molar-refractivity contribution in [2.24, 2.45) is 7.05 Å². The fourth-order valence-electron chi connectivity index (χ4n) is 4.82. The maximum atomic E-state index is 12.4. The highest BCUT2D eigenvalue weighted by molar-refractivity contribution is 5.94. The van der Waals surface area contributed by atoms with Crippen LogP contribution in [0.25, 0.3) is 44.5 Å². The van der Waals surface area contributed by atoms with E-state index in [4.69, 9.17) is 9.72 Å². The molecule has 1 aliphatic rings. The Hall–Kier alpha value is -4.24. The first-order valence-corrected chi connectivity index (χ1v) is 11.4. The first-order valence-electron chi connectivity index (χ1n) is 11.4. The number of methoxy groups -OCH3 is 1. The minimum absolute atomic E-state index is 0.330. The van der Waals surface area contributed by atoms with E-state index in [2.05, 4.69) is 33.0 Å². The third-order valence-corrected chi connectivity index (χ3v) is 6.80. The summed E-state index contributed by atoms with van der Waals surface area (Å²) in [4.78, 5) is 42.3. The lowest BCUT2D eigenvalue weighted by Crippen LogP contribution is -2.32. The van der Waals surface area contributed by atoms with Gasteiger partial charge < -0.3 is 19.6 Å². The molecule has 176 valence electrons. The van der Waals surface area contributed by atoms with Gasteiger partial charge in [-0.25, -0.2) is 14.8 Å². The molecule has 0 saturated carbocycles. The van der Waals surface area contributed by atoms with Crippen molar-refractivity contribution >= 4 is 22.1 Å². The Labute approximate surface area is 200 Å². The number of fused-ring (bicyclic) bond motifs is 3. The van der Waals surface area contributed by atoms with Crippen LogP contribution in [0, 0.1) is 0 Å². The summed E-state index contributed by atoms with van der Waals surface area (Å²) in [7, 11) is 5.27. The molecule has 0 unspecified atom stereocenters. The molecule has 9 heteroatoms. The highest BCUT2D eigenvalue weighted by Gasteiger charge is 2.20. The Morgan fingerprint density at radius 2 is 1.94 bits per heavy atom. The SMILES string of the molecule is COc1cc(-c2cnc3[nH]cc(-c4ccc5c(=O)n(C)c(=O)[nH]c5c4)c3n2)cc2c1CN(C)CC2. The predicted octanol–water partition coefficient (Wildman–Crippen LogP) is 2.83. The number of aromatic nitrogens is 5. The van der Waals surface area contributed by atoms with E-state index in [1.165, 1.54) is 18.2 Å². The lowest BCUT2D eigenvalue weighted by molar-refractivity contribution is 0.302. The van der Waals surface area contributed by atoms with E-state index in [1.807, 2.05) is 18.3 Å². The van der Waals surface area contributed by atoms with Crippen LogP contribution in [0.2, 0.25) is 0 Å². The predicted molar refractivity (Wildman–Crippen MR) is 135 cm³/mol. The second-order valence-corrected chi connectivity index (χ2v) is 9.01. The van der Waals surface area contributed by atoms with Gasteiger partial charge in [-0.1, -0.05) is 6.07 Å². The van der Waals surface area contributed by atoms with Gasteiger partial charge in [0.2, 0.25) is 0 Å². The van der Waals surface area contributed by atoms with E-state index in [1.54, 1.807) is 25.4 Å². The van der Waals surface area contributed by atoms with Crippen LogP contribution in [0.15, 0.2) is 52.3 Å². The van der Waals surface area contributed by atoms with Gasteiger partial charge in [0.15, 0.2) is 5.65 Å². The minimum Gasteiger partial charge on any atom is -0.496 e. The van der Waals surface area contributed by atoms with Gasteiger partial charge in [-0.05, 0) is 48.9 Å². The van der Waals surface area contributed by atoms with Crippen LogP contribution in [0.4, 0.5) is 0 Å². The Balaban J connectivity index is 1.48. The van der Waals surface area contributed by atoms with Crippen LogP contribution >= 0.6 is 0 Å². The van der Waals surface area contributed by atoms with E-state index in [0.29, 0.717) is 22.1 Å². The second-order valence-electron chi connectivity index (χ2n) is 9.01. The van der Waals surface area contributed by atoms with Crippen LogP contribution in [-0.4, -0.2) is 50.1 Å². The number of nitrogens with zero attached hydrogens (tertiary/aromatic N) is 4. The smallest absolute Gasteiger partial charge is 0.328 e. The summed E-state index contributed by atoms with van der Waals surface area (Å²) in [6.07, 6.45) is 4.56. The van der Waals surface area contributed by atoms with Crippen molar-refractivity contribution in [3.63, 3.8) is 0 Å². The van der Waals surface area contributed by atoms with Crippen molar-refractivity contribution in [2.45, 2.75) is 13.0 Å². The molecule has 1 aliphatic heterocycles. The van der Waals surface area contributed by atoms with Crippen LogP contribution in [0.3, 0.4) is 0 Å². The van der Waals surface area contributed by atoms with Crippen LogP contribution < -0.4 is 16.0 Å². The Bertz CT molecular complexity index is 1730. The van der Waals surface area contributed by atoms with Gasteiger partial charge in [-0.15, -0.1) is 0 Å². The molecule has 35 heavy (non-hydrogen) atoms. The summed E-state index contributed by atoms with van der Waals surface area (Å²) in [5.41, 5.74) is 6.94. The normalized spacial score (nSPS) is 13.9. The zero-order valence-corrected chi connectivity index (χ0v) is 19.7. The van der Waals surface area contributed by atoms with Gasteiger partial charge in [0.05, 0.1) is 29.9 Å². The molecule has 0 amide bonds. The zero-order valence-electron chi connectivity index (χ0n) is 19.7. The quantitative estimate of drug-likeness (QED) is 0.422. The molecular weight excluding hydrogens is 444 g/mol. The van der Waals surface area contributed by atoms with E-state index in [-0.39, 0.29) is 5.56 Å². The number of nitrogens with one attached hydrogen (secondary N) is 2. The summed E-state index contributed by atoms with van der Waals surface area (Å²) >= 11 is 0. The van der Waals surface area contributed by atoms with Gasteiger partial charge in [0.25, 0.3) is 5.56 Å². The molecule has 0 atom stereocenters. The topological polar surface area (TPSA) is 109 Å². The van der Waals surface area contributed by atoms with Crippen molar-refractivity contribution in [2.75, 3.05) is 20.7 Å². The maximum absolute atomic E-state index is 12.4. The monoisotopic (exact) mass is 468 g/mol. The fourth-order valence-corrected chi connectivity index (χ4v) is 4.82. The Kier molecular flexibility index (Phi) is 4.82. The van der Waals surface area contributed by atoms with Gasteiger partial charge >= 0.3 is 5.69 Å². The van der Waals surface area contributed by atoms with Crippen molar-refractivity contribution in [3.05, 3.63) is 74.7 Å².